The Hall–Kier alpha value is -9.86. The van der Waals surface area contributed by atoms with Crippen LogP contribution < -0.4 is 50.8 Å². The first-order valence-electron chi connectivity index (χ1n) is 40.6. The fourth-order valence-corrected chi connectivity index (χ4v) is 17.6. The number of carbonyl (C=O) groups excluding carboxylic acids is 5. The SMILES string of the molecule is CCN1CCN(c2ccc(C(=O)NC3(C(=O)N[C@@H](CCCCNC(=O)CCCN(C)c4ccc5nc6ccc(N(CC)CC)cc6[n+](-c6ccccc6)c5c4)C(=O)NCCNC(=O)CCCCC[N+]4=C(/C=C/C=C/C=C5\N(CC)c6ccc(S(=O)(=O)[O-])cc6C5(C)C)C(C)(C)c5cc(S(=O)(=O)[O-])ccc54)CCCCC3)cc2)CC1. The molecule has 1 aliphatic carbocycles. The Labute approximate surface area is 672 Å². The van der Waals surface area contributed by atoms with Gasteiger partial charge in [0.2, 0.25) is 46.0 Å². The summed E-state index contributed by atoms with van der Waals surface area (Å²) >= 11 is 0. The zero-order valence-electron chi connectivity index (χ0n) is 67.6. The fourth-order valence-electron chi connectivity index (χ4n) is 16.6. The van der Waals surface area contributed by atoms with Gasteiger partial charge in [-0.15, -0.1) is 4.57 Å². The smallest absolute Gasteiger partial charge is 0.252 e. The third-order valence-corrected chi connectivity index (χ3v) is 24.8. The second-order valence-electron chi connectivity index (χ2n) is 31.3. The van der Waals surface area contributed by atoms with Crippen LogP contribution in [0, 0.1) is 0 Å². The van der Waals surface area contributed by atoms with E-state index in [1.807, 2.05) is 102 Å². The molecule has 5 N–H and O–H groups in total. The van der Waals surface area contributed by atoms with Crippen LogP contribution in [0.4, 0.5) is 28.4 Å². The number of likely N-dealkylation sites (N-methyl/N-ethyl adjacent to an activating group) is 2. The van der Waals surface area contributed by atoms with E-state index in [9.17, 15) is 49.9 Å². The Bertz CT molecular complexity index is 5010. The number of anilines is 4. The highest BCUT2D eigenvalue weighted by Crippen LogP contribution is 2.49. The van der Waals surface area contributed by atoms with Crippen molar-refractivity contribution in [2.75, 3.05) is 112 Å². The summed E-state index contributed by atoms with van der Waals surface area (Å²) in [6.45, 7) is 25.2. The van der Waals surface area contributed by atoms with E-state index in [4.69, 9.17) is 4.98 Å². The molecule has 24 nitrogen and oxygen atoms in total. The van der Waals surface area contributed by atoms with E-state index in [1.165, 1.54) is 24.3 Å². The van der Waals surface area contributed by atoms with Crippen molar-refractivity contribution in [3.63, 3.8) is 0 Å². The summed E-state index contributed by atoms with van der Waals surface area (Å²) in [6, 6.07) is 38.5. The van der Waals surface area contributed by atoms with E-state index >= 15 is 0 Å². The first-order chi connectivity index (χ1) is 54.6. The highest BCUT2D eigenvalue weighted by molar-refractivity contribution is 7.86. The van der Waals surface area contributed by atoms with Crippen molar-refractivity contribution in [2.45, 2.75) is 177 Å². The number of piperazine rings is 1. The minimum Gasteiger partial charge on any atom is -0.744 e. The maximum Gasteiger partial charge on any atom is 0.252 e. The van der Waals surface area contributed by atoms with Gasteiger partial charge in [0.1, 0.15) is 49.4 Å². The van der Waals surface area contributed by atoms with Crippen molar-refractivity contribution in [1.82, 2.24) is 36.5 Å². The van der Waals surface area contributed by atoms with Gasteiger partial charge in [-0.05, 0) is 183 Å². The Balaban J connectivity index is 0.693. The van der Waals surface area contributed by atoms with Gasteiger partial charge in [0.25, 0.3) is 5.91 Å². The number of amides is 5. The predicted molar refractivity (Wildman–Crippen MR) is 448 cm³/mol. The second kappa shape index (κ2) is 37.6. The summed E-state index contributed by atoms with van der Waals surface area (Å²) in [6.07, 6.45) is 16.9. The quantitative estimate of drug-likeness (QED) is 0.00801. The number of fused-ring (bicyclic) bond motifs is 4. The Morgan fingerprint density at radius 1 is 0.623 bits per heavy atom. The van der Waals surface area contributed by atoms with Crippen LogP contribution in [0.25, 0.3) is 27.8 Å². The number of hydrogen-bond acceptors (Lipinski definition) is 17. The van der Waals surface area contributed by atoms with Crippen LogP contribution in [0.2, 0.25) is 0 Å². The van der Waals surface area contributed by atoms with Crippen LogP contribution in [0.15, 0.2) is 173 Å². The molecule has 4 aliphatic rings. The maximum absolute atomic E-state index is 14.8. The molecule has 608 valence electrons. The van der Waals surface area contributed by atoms with Crippen LogP contribution in [0.5, 0.6) is 0 Å². The van der Waals surface area contributed by atoms with E-state index < -0.39 is 54.5 Å². The van der Waals surface area contributed by atoms with E-state index in [0.717, 1.165) is 125 Å². The van der Waals surface area contributed by atoms with Crippen LogP contribution in [-0.2, 0) is 50.2 Å². The summed E-state index contributed by atoms with van der Waals surface area (Å²) in [5, 5.41) is 15.2. The first kappa shape index (κ1) is 85.0. The molecule has 114 heavy (non-hydrogen) atoms. The van der Waals surface area contributed by atoms with E-state index in [1.54, 1.807) is 24.3 Å². The molecule has 11 rings (SSSR count). The molecular weight excluding hydrogens is 1480 g/mol. The van der Waals surface area contributed by atoms with Crippen molar-refractivity contribution in [3.05, 3.63) is 180 Å². The fraction of sp³-hybridized carbons (Fsp3) is 0.455. The Morgan fingerprint density at radius 3 is 1.91 bits per heavy atom. The molecule has 0 unspecified atom stereocenters. The Kier molecular flexibility index (Phi) is 28.1. The number of hydrogen-bond donors (Lipinski definition) is 5. The van der Waals surface area contributed by atoms with Crippen LogP contribution in [-0.4, -0.2) is 179 Å². The predicted octanol–water partition coefficient (Wildman–Crippen LogP) is 11.3. The number of carbonyl (C=O) groups is 5. The van der Waals surface area contributed by atoms with Gasteiger partial charge in [-0.1, -0.05) is 76.5 Å². The number of benzene rings is 6. The number of allylic oxidation sites excluding steroid dienone is 6. The third-order valence-electron chi connectivity index (χ3n) is 23.2. The van der Waals surface area contributed by atoms with Crippen molar-refractivity contribution < 1.29 is 59.1 Å². The van der Waals surface area contributed by atoms with Gasteiger partial charge in [0.05, 0.1) is 15.2 Å². The lowest BCUT2D eigenvalue weighted by Gasteiger charge is -2.38. The van der Waals surface area contributed by atoms with Gasteiger partial charge in [-0.3, -0.25) is 24.0 Å². The number of nitrogens with zero attached hydrogens (tertiary/aromatic N) is 8. The van der Waals surface area contributed by atoms with E-state index in [2.05, 4.69) is 130 Å². The summed E-state index contributed by atoms with van der Waals surface area (Å²) in [4.78, 5) is 86.0. The summed E-state index contributed by atoms with van der Waals surface area (Å²) in [5.41, 5.74) is 10.5. The molecule has 1 aromatic heterocycles. The summed E-state index contributed by atoms with van der Waals surface area (Å²) < 4.78 is 77.2. The van der Waals surface area contributed by atoms with Gasteiger partial charge >= 0.3 is 0 Å². The molecule has 0 spiro atoms. The molecule has 5 amide bonds. The van der Waals surface area contributed by atoms with Gasteiger partial charge in [0.15, 0.2) is 5.71 Å². The standard InChI is InChI=1S/C88H113N13O11S2/c1-10-96-55-57-98(58-56-96)64-38-36-63(37-39-64)83(104)94-88(48-24-17-25-49-88)85(106)93-74(31-23-26-50-89-82(103)35-28-53-95(9)66-40-44-72-77(59-66)101(65-29-18-14-19-30-65)78-60-67(97(11-2)12-3)41-45-73(78)92-72)84(105)91-52-51-90-81(102)34-22-16-27-54-100-76-47-43-69(114(110,111)112)62-71(76)87(7,8)80(100)33-21-15-20-32-79-86(5,6)70-61-68(113(107,108)109)42-46-75(70)99(79)13-4/h14-15,18-21,29-30,32-33,36-47,59-62,74H,10-13,16-17,22-28,31,34-35,48-58H2,1-9H3,(H5-2,89,90,91,93,94,102,103,104,105,106,107,108,109,110,111,112)/t74-/m0/s1. The monoisotopic (exact) mass is 1590 g/mol. The van der Waals surface area contributed by atoms with Crippen molar-refractivity contribution in [2.24, 2.45) is 0 Å². The van der Waals surface area contributed by atoms with Gasteiger partial charge in [0, 0.05) is 180 Å². The molecule has 1 saturated carbocycles. The molecule has 7 aromatic rings. The van der Waals surface area contributed by atoms with E-state index in [0.29, 0.717) is 108 Å². The second-order valence-corrected chi connectivity index (χ2v) is 34.1. The molecule has 2 fully saturated rings. The minimum absolute atomic E-state index is 0.0789. The molecule has 1 atom stereocenters. The first-order valence-corrected chi connectivity index (χ1v) is 43.4. The highest BCUT2D eigenvalue weighted by atomic mass is 32.2. The van der Waals surface area contributed by atoms with Gasteiger partial charge in [-0.2, -0.15) is 4.58 Å². The number of para-hydroxylation sites is 1. The van der Waals surface area contributed by atoms with Crippen LogP contribution >= 0.6 is 0 Å². The number of nitrogens with one attached hydrogen (secondary N) is 5. The molecule has 3 aliphatic heterocycles. The molecule has 0 radical (unpaired) electrons. The highest BCUT2D eigenvalue weighted by Gasteiger charge is 2.46. The molecular formula is C88H113N13O11S2. The number of aromatic nitrogens is 2. The zero-order chi connectivity index (χ0) is 81.5. The third kappa shape index (κ3) is 20.1. The lowest BCUT2D eigenvalue weighted by molar-refractivity contribution is -0.538. The molecule has 6 aromatic carbocycles. The number of rotatable bonds is 36. The van der Waals surface area contributed by atoms with Gasteiger partial charge < -0.3 is 60.2 Å². The lowest BCUT2D eigenvalue weighted by Crippen LogP contribution is -2.62. The normalized spacial score (nSPS) is 16.7. The average Bonchev–Trinajstić information content (AvgIpc) is 1.11. The van der Waals surface area contributed by atoms with Gasteiger partial charge in [-0.25, -0.2) is 21.8 Å². The summed E-state index contributed by atoms with van der Waals surface area (Å²) in [5.74, 6) is -1.53. The molecule has 4 heterocycles. The average molecular weight is 1590 g/mol. The topological polar surface area (TPSA) is 296 Å². The summed E-state index contributed by atoms with van der Waals surface area (Å²) in [7, 11) is -7.39. The zero-order valence-corrected chi connectivity index (χ0v) is 69.2. The minimum atomic E-state index is -4.76. The van der Waals surface area contributed by atoms with Crippen molar-refractivity contribution in [3.8, 4) is 5.69 Å². The Morgan fingerprint density at radius 2 is 1.25 bits per heavy atom. The van der Waals surface area contributed by atoms with Crippen LogP contribution in [0.1, 0.15) is 167 Å². The van der Waals surface area contributed by atoms with Crippen molar-refractivity contribution in [1.29, 1.82) is 0 Å². The molecule has 1 saturated heterocycles. The van der Waals surface area contributed by atoms with Crippen LogP contribution in [0.3, 0.4) is 0 Å². The lowest BCUT2D eigenvalue weighted by atomic mass is 9.80. The molecule has 0 bridgehead atoms. The van der Waals surface area contributed by atoms with Crippen molar-refractivity contribution >= 4 is 106 Å². The molecule has 26 heteroatoms. The largest absolute Gasteiger partial charge is 0.744 e. The maximum atomic E-state index is 14.8. The van der Waals surface area contributed by atoms with E-state index in [-0.39, 0.29) is 53.4 Å². The number of unbranched alkanes of at least 4 members (excludes halogenated alkanes) is 3.